The van der Waals surface area contributed by atoms with E-state index in [1.54, 1.807) is 0 Å². The summed E-state index contributed by atoms with van der Waals surface area (Å²) >= 11 is 5.42. The van der Waals surface area contributed by atoms with Crippen molar-refractivity contribution in [3.63, 3.8) is 0 Å². The van der Waals surface area contributed by atoms with E-state index in [-0.39, 0.29) is 0 Å². The number of benzene rings is 1. The number of halogens is 1. The van der Waals surface area contributed by atoms with Crippen LogP contribution >= 0.6 is 27.7 Å². The molecule has 1 atom stereocenters. The van der Waals surface area contributed by atoms with Gasteiger partial charge in [-0.2, -0.15) is 11.8 Å². The van der Waals surface area contributed by atoms with E-state index in [1.165, 1.54) is 11.3 Å². The van der Waals surface area contributed by atoms with E-state index in [4.69, 9.17) is 4.74 Å². The second-order valence-electron chi connectivity index (χ2n) is 4.79. The minimum absolute atomic E-state index is 0.696. The Hall–Kier alpha value is -0.190. The summed E-state index contributed by atoms with van der Waals surface area (Å²) in [5, 5.41) is 3.52. The maximum Gasteiger partial charge on any atom is 0.123 e. The highest BCUT2D eigenvalue weighted by Gasteiger charge is 2.06. The van der Waals surface area contributed by atoms with E-state index in [0.29, 0.717) is 5.92 Å². The van der Waals surface area contributed by atoms with Crippen LogP contribution < -0.4 is 10.1 Å². The number of rotatable bonds is 9. The van der Waals surface area contributed by atoms with Crippen molar-refractivity contribution in [2.75, 3.05) is 25.2 Å². The van der Waals surface area contributed by atoms with Crippen LogP contribution in [0.25, 0.3) is 0 Å². The van der Waals surface area contributed by atoms with E-state index in [1.807, 2.05) is 23.9 Å². The molecule has 1 rings (SSSR count). The number of hydrogen-bond donors (Lipinski definition) is 1. The van der Waals surface area contributed by atoms with Gasteiger partial charge in [-0.3, -0.25) is 0 Å². The predicted octanol–water partition coefficient (Wildman–Crippen LogP) is 4.33. The van der Waals surface area contributed by atoms with Crippen LogP contribution in [0.2, 0.25) is 0 Å². The van der Waals surface area contributed by atoms with Gasteiger partial charge in [0.2, 0.25) is 0 Å². The quantitative estimate of drug-likeness (QED) is 0.719. The highest BCUT2D eigenvalue weighted by molar-refractivity contribution is 9.10. The summed E-state index contributed by atoms with van der Waals surface area (Å²) in [5.41, 5.74) is 1.22. The van der Waals surface area contributed by atoms with E-state index in [9.17, 15) is 0 Å². The second kappa shape index (κ2) is 9.67. The highest BCUT2D eigenvalue weighted by atomic mass is 79.9. The Labute approximate surface area is 129 Å². The van der Waals surface area contributed by atoms with Gasteiger partial charge in [0.1, 0.15) is 5.75 Å². The SMILES string of the molecule is CCCOc1ccc(Br)cc1CNCC(C)CSC. The van der Waals surface area contributed by atoms with Crippen molar-refractivity contribution in [3.05, 3.63) is 28.2 Å². The third-order valence-electron chi connectivity index (χ3n) is 2.74. The Balaban J connectivity index is 2.52. The number of ether oxygens (including phenoxy) is 1. The molecule has 0 spiro atoms. The molecule has 0 fully saturated rings. The Morgan fingerprint density at radius 2 is 2.21 bits per heavy atom. The van der Waals surface area contributed by atoms with Gasteiger partial charge in [-0.15, -0.1) is 0 Å². The molecule has 0 aliphatic heterocycles. The van der Waals surface area contributed by atoms with Gasteiger partial charge in [-0.25, -0.2) is 0 Å². The fourth-order valence-corrected chi connectivity index (χ4v) is 2.93. The van der Waals surface area contributed by atoms with E-state index in [2.05, 4.69) is 47.4 Å². The average Bonchev–Trinajstić information content (AvgIpc) is 2.38. The van der Waals surface area contributed by atoms with Gasteiger partial charge in [-0.1, -0.05) is 29.8 Å². The standard InChI is InChI=1S/C15H24BrNOS/c1-4-7-18-15-6-5-14(16)8-13(15)10-17-9-12(2)11-19-3/h5-6,8,12,17H,4,7,9-11H2,1-3H3. The Morgan fingerprint density at radius 3 is 2.89 bits per heavy atom. The molecular formula is C15H24BrNOS. The molecule has 1 unspecified atom stereocenters. The van der Waals surface area contributed by atoms with Gasteiger partial charge < -0.3 is 10.1 Å². The van der Waals surface area contributed by atoms with E-state index in [0.717, 1.165) is 36.3 Å². The Morgan fingerprint density at radius 1 is 1.42 bits per heavy atom. The van der Waals surface area contributed by atoms with Crippen LogP contribution in [0.1, 0.15) is 25.8 Å². The molecule has 0 bridgehead atoms. The zero-order valence-electron chi connectivity index (χ0n) is 12.0. The topological polar surface area (TPSA) is 21.3 Å². The first-order valence-corrected chi connectivity index (χ1v) is 8.97. The Bertz CT molecular complexity index is 373. The summed E-state index contributed by atoms with van der Waals surface area (Å²) in [6.07, 6.45) is 3.19. The molecule has 0 aromatic heterocycles. The molecular weight excluding hydrogens is 322 g/mol. The van der Waals surface area contributed by atoms with Gasteiger partial charge in [0.05, 0.1) is 6.61 Å². The van der Waals surface area contributed by atoms with Crippen molar-refractivity contribution in [1.82, 2.24) is 5.32 Å². The molecule has 1 aromatic rings. The monoisotopic (exact) mass is 345 g/mol. The van der Waals surface area contributed by atoms with Gasteiger partial charge in [0.25, 0.3) is 0 Å². The molecule has 1 aromatic carbocycles. The predicted molar refractivity (Wildman–Crippen MR) is 89.2 cm³/mol. The smallest absolute Gasteiger partial charge is 0.123 e. The third-order valence-corrected chi connectivity index (χ3v) is 4.14. The molecule has 0 radical (unpaired) electrons. The van der Waals surface area contributed by atoms with Crippen molar-refractivity contribution >= 4 is 27.7 Å². The molecule has 0 aliphatic carbocycles. The summed E-state index contributed by atoms with van der Waals surface area (Å²) in [6, 6.07) is 6.21. The van der Waals surface area contributed by atoms with Gasteiger partial charge in [0, 0.05) is 16.6 Å². The maximum absolute atomic E-state index is 5.78. The number of hydrogen-bond acceptors (Lipinski definition) is 3. The van der Waals surface area contributed by atoms with E-state index >= 15 is 0 Å². The summed E-state index contributed by atoms with van der Waals surface area (Å²) in [5.74, 6) is 2.89. The van der Waals surface area contributed by atoms with Crippen molar-refractivity contribution < 1.29 is 4.74 Å². The van der Waals surface area contributed by atoms with Crippen LogP contribution in [-0.4, -0.2) is 25.2 Å². The molecule has 0 aliphatic rings. The number of nitrogens with one attached hydrogen (secondary N) is 1. The highest BCUT2D eigenvalue weighted by Crippen LogP contribution is 2.23. The lowest BCUT2D eigenvalue weighted by atomic mass is 10.2. The largest absolute Gasteiger partial charge is 0.493 e. The molecule has 0 amide bonds. The summed E-state index contributed by atoms with van der Waals surface area (Å²) in [7, 11) is 0. The lowest BCUT2D eigenvalue weighted by molar-refractivity contribution is 0.313. The van der Waals surface area contributed by atoms with Crippen LogP contribution in [0.15, 0.2) is 22.7 Å². The Kier molecular flexibility index (Phi) is 8.58. The van der Waals surface area contributed by atoms with Crippen molar-refractivity contribution in [1.29, 1.82) is 0 Å². The molecule has 0 saturated carbocycles. The minimum atomic E-state index is 0.696. The van der Waals surface area contributed by atoms with Crippen LogP contribution in [0.4, 0.5) is 0 Å². The van der Waals surface area contributed by atoms with Crippen molar-refractivity contribution in [2.45, 2.75) is 26.8 Å². The first-order chi connectivity index (χ1) is 9.17. The fourth-order valence-electron chi connectivity index (χ4n) is 1.84. The van der Waals surface area contributed by atoms with Crippen LogP contribution in [0.3, 0.4) is 0 Å². The van der Waals surface area contributed by atoms with Crippen LogP contribution in [0.5, 0.6) is 5.75 Å². The molecule has 0 saturated heterocycles. The van der Waals surface area contributed by atoms with Gasteiger partial charge in [0.15, 0.2) is 0 Å². The molecule has 19 heavy (non-hydrogen) atoms. The normalized spacial score (nSPS) is 12.4. The van der Waals surface area contributed by atoms with Gasteiger partial charge in [-0.05, 0) is 49.1 Å². The second-order valence-corrected chi connectivity index (χ2v) is 6.62. The summed E-state index contributed by atoms with van der Waals surface area (Å²) < 4.78 is 6.88. The zero-order chi connectivity index (χ0) is 14.1. The first-order valence-electron chi connectivity index (χ1n) is 6.78. The van der Waals surface area contributed by atoms with E-state index < -0.39 is 0 Å². The van der Waals surface area contributed by atoms with Gasteiger partial charge >= 0.3 is 0 Å². The lowest BCUT2D eigenvalue weighted by Gasteiger charge is -2.14. The molecule has 0 heterocycles. The lowest BCUT2D eigenvalue weighted by Crippen LogP contribution is -2.22. The molecule has 2 nitrogen and oxygen atoms in total. The molecule has 4 heteroatoms. The summed E-state index contributed by atoms with van der Waals surface area (Å²) in [6.45, 7) is 7.08. The van der Waals surface area contributed by atoms with Crippen LogP contribution in [0, 0.1) is 5.92 Å². The molecule has 1 N–H and O–H groups in total. The zero-order valence-corrected chi connectivity index (χ0v) is 14.4. The summed E-state index contributed by atoms with van der Waals surface area (Å²) in [4.78, 5) is 0. The van der Waals surface area contributed by atoms with Crippen molar-refractivity contribution in [3.8, 4) is 5.75 Å². The van der Waals surface area contributed by atoms with Crippen molar-refractivity contribution in [2.24, 2.45) is 5.92 Å². The first kappa shape index (κ1) is 16.9. The minimum Gasteiger partial charge on any atom is -0.493 e. The average molecular weight is 346 g/mol. The molecule has 108 valence electrons. The number of thioether (sulfide) groups is 1. The maximum atomic E-state index is 5.78. The van der Waals surface area contributed by atoms with Crippen LogP contribution in [-0.2, 0) is 6.54 Å². The fraction of sp³-hybridized carbons (Fsp3) is 0.600. The third kappa shape index (κ3) is 6.68.